The molecule has 3 aliphatic heterocycles. The summed E-state index contributed by atoms with van der Waals surface area (Å²) in [5, 5.41) is 7.03. The lowest BCUT2D eigenvalue weighted by Gasteiger charge is -2.36. The molecule has 3 saturated heterocycles. The van der Waals surface area contributed by atoms with Crippen molar-refractivity contribution in [1.82, 2.24) is 30.0 Å². The van der Waals surface area contributed by atoms with E-state index in [2.05, 4.69) is 27.1 Å². The minimum atomic E-state index is -0.107. The first-order valence-electron chi connectivity index (χ1n) is 9.55. The summed E-state index contributed by atoms with van der Waals surface area (Å²) in [5.41, 5.74) is 1.92. The van der Waals surface area contributed by atoms with E-state index in [1.807, 2.05) is 9.80 Å². The van der Waals surface area contributed by atoms with Gasteiger partial charge >= 0.3 is 0 Å². The summed E-state index contributed by atoms with van der Waals surface area (Å²) in [5.74, 6) is 0.204. The summed E-state index contributed by atoms with van der Waals surface area (Å²) in [4.78, 5) is 37.9. The highest BCUT2D eigenvalue weighted by molar-refractivity contribution is 5.96. The smallest absolute Gasteiger partial charge is 0.274 e. The number of hydrogen-bond acceptors (Lipinski definition) is 5. The van der Waals surface area contributed by atoms with E-state index in [0.29, 0.717) is 30.9 Å². The minimum absolute atomic E-state index is 0.0238. The molecular formula is C19H24N6O2. The van der Waals surface area contributed by atoms with Gasteiger partial charge in [0.1, 0.15) is 5.69 Å². The molecule has 0 unspecified atom stereocenters. The van der Waals surface area contributed by atoms with Crippen molar-refractivity contribution in [3.8, 4) is 0 Å². The lowest BCUT2D eigenvalue weighted by Crippen LogP contribution is -2.47. The van der Waals surface area contributed by atoms with E-state index in [-0.39, 0.29) is 23.8 Å². The highest BCUT2D eigenvalue weighted by atomic mass is 16.2. The Hall–Kier alpha value is -2.77. The number of fused-ring (bicyclic) bond motifs is 4. The number of amides is 2. The standard InChI is InChI=1S/C19H24N6O2/c1-2-3-16-15(8-22-23-16)18(26)25-11-13-4-5-14(25)12-24(10-13)19(27)17-9-20-6-7-21-17/h6-9,13-14H,2-5,10-12H2,1H3,(H,22,23)/t13-,14+/m0/s1. The van der Waals surface area contributed by atoms with Crippen LogP contribution < -0.4 is 0 Å². The van der Waals surface area contributed by atoms with Crippen molar-refractivity contribution in [3.63, 3.8) is 0 Å². The van der Waals surface area contributed by atoms with E-state index in [1.54, 1.807) is 12.4 Å². The van der Waals surface area contributed by atoms with E-state index in [0.717, 1.165) is 31.4 Å². The molecule has 0 radical (unpaired) electrons. The van der Waals surface area contributed by atoms with Crippen LogP contribution in [0.2, 0.25) is 0 Å². The minimum Gasteiger partial charge on any atom is -0.335 e. The quantitative estimate of drug-likeness (QED) is 0.883. The first-order chi connectivity index (χ1) is 13.2. The maximum absolute atomic E-state index is 13.2. The Labute approximate surface area is 158 Å². The van der Waals surface area contributed by atoms with Crippen LogP contribution >= 0.6 is 0 Å². The van der Waals surface area contributed by atoms with Gasteiger partial charge in [0.05, 0.1) is 18.0 Å². The molecule has 142 valence electrons. The fourth-order valence-corrected chi connectivity index (χ4v) is 4.16. The van der Waals surface area contributed by atoms with Gasteiger partial charge in [-0.15, -0.1) is 0 Å². The molecule has 2 bridgehead atoms. The molecule has 0 aromatic carbocycles. The van der Waals surface area contributed by atoms with Crippen LogP contribution in [-0.4, -0.2) is 67.5 Å². The summed E-state index contributed by atoms with van der Waals surface area (Å²) in [7, 11) is 0. The Morgan fingerprint density at radius 3 is 2.81 bits per heavy atom. The number of piperidine rings is 1. The van der Waals surface area contributed by atoms with Crippen LogP contribution in [-0.2, 0) is 6.42 Å². The molecule has 27 heavy (non-hydrogen) atoms. The van der Waals surface area contributed by atoms with Crippen molar-refractivity contribution in [1.29, 1.82) is 0 Å². The molecule has 0 aliphatic carbocycles. The van der Waals surface area contributed by atoms with E-state index >= 15 is 0 Å². The molecule has 2 aromatic rings. The number of aryl methyl sites for hydroxylation is 1. The molecule has 0 saturated carbocycles. The molecule has 2 aromatic heterocycles. The first-order valence-corrected chi connectivity index (χ1v) is 9.55. The topological polar surface area (TPSA) is 95.1 Å². The number of aromatic amines is 1. The average Bonchev–Trinajstić information content (AvgIpc) is 2.96. The van der Waals surface area contributed by atoms with Crippen LogP contribution in [0.25, 0.3) is 0 Å². The second-order valence-corrected chi connectivity index (χ2v) is 7.37. The van der Waals surface area contributed by atoms with Gasteiger partial charge in [-0.25, -0.2) is 4.98 Å². The van der Waals surface area contributed by atoms with Gasteiger partial charge < -0.3 is 9.80 Å². The van der Waals surface area contributed by atoms with Crippen LogP contribution in [0.4, 0.5) is 0 Å². The summed E-state index contributed by atoms with van der Waals surface area (Å²) in [6.07, 6.45) is 9.93. The van der Waals surface area contributed by atoms with Gasteiger partial charge in [0, 0.05) is 43.8 Å². The molecule has 3 aliphatic rings. The number of nitrogens with zero attached hydrogens (tertiary/aromatic N) is 5. The van der Waals surface area contributed by atoms with E-state index in [4.69, 9.17) is 0 Å². The van der Waals surface area contributed by atoms with Crippen molar-refractivity contribution in [2.24, 2.45) is 5.92 Å². The molecule has 5 heterocycles. The highest BCUT2D eigenvalue weighted by Gasteiger charge is 2.39. The highest BCUT2D eigenvalue weighted by Crippen LogP contribution is 2.30. The van der Waals surface area contributed by atoms with Gasteiger partial charge in [0.2, 0.25) is 0 Å². The van der Waals surface area contributed by atoms with Gasteiger partial charge in [0.25, 0.3) is 11.8 Å². The molecule has 2 amide bonds. The number of aromatic nitrogens is 4. The average molecular weight is 368 g/mol. The third-order valence-electron chi connectivity index (χ3n) is 5.49. The van der Waals surface area contributed by atoms with Crippen molar-refractivity contribution in [3.05, 3.63) is 41.7 Å². The zero-order valence-electron chi connectivity index (χ0n) is 15.5. The maximum Gasteiger partial charge on any atom is 0.274 e. The number of rotatable bonds is 4. The molecule has 2 atom stereocenters. The zero-order valence-corrected chi connectivity index (χ0v) is 15.5. The second-order valence-electron chi connectivity index (χ2n) is 7.37. The second kappa shape index (κ2) is 7.46. The van der Waals surface area contributed by atoms with Crippen LogP contribution in [0.15, 0.2) is 24.8 Å². The van der Waals surface area contributed by atoms with Crippen LogP contribution in [0.3, 0.4) is 0 Å². The molecular weight excluding hydrogens is 344 g/mol. The summed E-state index contributed by atoms with van der Waals surface area (Å²) >= 11 is 0. The van der Waals surface area contributed by atoms with Crippen molar-refractivity contribution < 1.29 is 9.59 Å². The number of nitrogens with one attached hydrogen (secondary N) is 1. The number of carbonyl (C=O) groups excluding carboxylic acids is 2. The largest absolute Gasteiger partial charge is 0.335 e. The van der Waals surface area contributed by atoms with E-state index in [9.17, 15) is 9.59 Å². The monoisotopic (exact) mass is 368 g/mol. The van der Waals surface area contributed by atoms with Crippen LogP contribution in [0.5, 0.6) is 0 Å². The van der Waals surface area contributed by atoms with Crippen molar-refractivity contribution >= 4 is 11.8 Å². The van der Waals surface area contributed by atoms with Gasteiger partial charge in [-0.2, -0.15) is 5.10 Å². The normalized spacial score (nSPS) is 22.0. The molecule has 0 spiro atoms. The molecule has 1 N–H and O–H groups in total. The fourth-order valence-electron chi connectivity index (χ4n) is 4.16. The van der Waals surface area contributed by atoms with E-state index in [1.165, 1.54) is 12.4 Å². The summed E-state index contributed by atoms with van der Waals surface area (Å²) in [6, 6.07) is 0.0289. The van der Waals surface area contributed by atoms with Gasteiger partial charge in [-0.1, -0.05) is 13.3 Å². The maximum atomic E-state index is 13.2. The predicted octanol–water partition coefficient (Wildman–Crippen LogP) is 1.53. The Morgan fingerprint density at radius 2 is 2.04 bits per heavy atom. The zero-order chi connectivity index (χ0) is 18.8. The Morgan fingerprint density at radius 1 is 1.15 bits per heavy atom. The molecule has 8 nitrogen and oxygen atoms in total. The lowest BCUT2D eigenvalue weighted by molar-refractivity contribution is 0.0573. The molecule has 8 heteroatoms. The number of H-pyrrole nitrogens is 1. The third kappa shape index (κ3) is 3.43. The Balaban J connectivity index is 1.54. The van der Waals surface area contributed by atoms with E-state index < -0.39 is 0 Å². The Bertz CT molecular complexity index is 821. The number of hydrogen-bond donors (Lipinski definition) is 1. The molecule has 3 fully saturated rings. The lowest BCUT2D eigenvalue weighted by atomic mass is 9.94. The SMILES string of the molecule is CCCc1[nH]ncc1C(=O)N1C[C@H]2CC[C@@H]1CN(C(=O)c1cnccn1)C2. The predicted molar refractivity (Wildman–Crippen MR) is 98.1 cm³/mol. The van der Waals surface area contributed by atoms with Gasteiger partial charge in [0.15, 0.2) is 0 Å². The summed E-state index contributed by atoms with van der Waals surface area (Å²) < 4.78 is 0. The van der Waals surface area contributed by atoms with Crippen LogP contribution in [0, 0.1) is 5.92 Å². The van der Waals surface area contributed by atoms with Gasteiger partial charge in [-0.3, -0.25) is 19.7 Å². The van der Waals surface area contributed by atoms with Gasteiger partial charge in [-0.05, 0) is 25.2 Å². The van der Waals surface area contributed by atoms with Crippen LogP contribution in [0.1, 0.15) is 52.7 Å². The molecule has 5 rings (SSSR count). The first kappa shape index (κ1) is 17.6. The fraction of sp³-hybridized carbons (Fsp3) is 0.526. The Kier molecular flexibility index (Phi) is 4.87. The van der Waals surface area contributed by atoms with Crippen molar-refractivity contribution in [2.75, 3.05) is 19.6 Å². The third-order valence-corrected chi connectivity index (χ3v) is 5.49. The summed E-state index contributed by atoms with van der Waals surface area (Å²) in [6.45, 7) is 3.96. The number of carbonyl (C=O) groups is 2. The van der Waals surface area contributed by atoms with Crippen molar-refractivity contribution in [2.45, 2.75) is 38.6 Å².